The minimum Gasteiger partial charge on any atom is -0.423 e. The Morgan fingerprint density at radius 2 is 1.61 bits per heavy atom. The molecule has 0 bridgehead atoms. The molecule has 2 heteroatoms. The topological polar surface area (TPSA) is 26.3 Å². The van der Waals surface area contributed by atoms with E-state index in [4.69, 9.17) is 4.74 Å². The SMILES string of the molecule is CCc1ccc(C(=O)Oc2ccc(C3CCC(CC(C)CC)CC3)cc2)cc1. The number of ether oxygens (including phenoxy) is 1. The molecule has 3 rings (SSSR count). The van der Waals surface area contributed by atoms with Crippen molar-refractivity contribution in [3.63, 3.8) is 0 Å². The van der Waals surface area contributed by atoms with Crippen LogP contribution in [0.4, 0.5) is 0 Å². The zero-order valence-electron chi connectivity index (χ0n) is 17.6. The minimum atomic E-state index is -0.291. The molecule has 0 radical (unpaired) electrons. The lowest BCUT2D eigenvalue weighted by atomic mass is 9.75. The fourth-order valence-corrected chi connectivity index (χ4v) is 4.32. The molecule has 2 aromatic rings. The van der Waals surface area contributed by atoms with Crippen molar-refractivity contribution in [2.24, 2.45) is 11.8 Å². The van der Waals surface area contributed by atoms with Crippen molar-refractivity contribution >= 4 is 5.97 Å². The molecular weight excluding hydrogens is 344 g/mol. The van der Waals surface area contributed by atoms with Gasteiger partial charge in [-0.2, -0.15) is 0 Å². The first-order valence-corrected chi connectivity index (χ1v) is 11.0. The van der Waals surface area contributed by atoms with Gasteiger partial charge in [0.2, 0.25) is 0 Å². The van der Waals surface area contributed by atoms with Gasteiger partial charge in [0.05, 0.1) is 5.56 Å². The second-order valence-electron chi connectivity index (χ2n) is 8.48. The zero-order chi connectivity index (χ0) is 19.9. The second kappa shape index (κ2) is 9.91. The summed E-state index contributed by atoms with van der Waals surface area (Å²) in [6, 6.07) is 15.8. The molecule has 1 fully saturated rings. The lowest BCUT2D eigenvalue weighted by Crippen LogP contribution is -2.15. The van der Waals surface area contributed by atoms with Gasteiger partial charge in [-0.3, -0.25) is 0 Å². The standard InChI is InChI=1S/C26H34O2/c1-4-19(3)18-21-8-10-22(11-9-21)23-14-16-25(17-15-23)28-26(27)24-12-6-20(5-2)7-13-24/h6-7,12-17,19,21-22H,4-5,8-11,18H2,1-3H3. The second-order valence-corrected chi connectivity index (χ2v) is 8.48. The van der Waals surface area contributed by atoms with Crippen LogP contribution in [0.3, 0.4) is 0 Å². The molecular formula is C26H34O2. The zero-order valence-corrected chi connectivity index (χ0v) is 17.6. The van der Waals surface area contributed by atoms with E-state index in [1.165, 1.54) is 49.7 Å². The van der Waals surface area contributed by atoms with E-state index in [9.17, 15) is 4.79 Å². The Hall–Kier alpha value is -2.09. The van der Waals surface area contributed by atoms with Gasteiger partial charge in [-0.1, -0.05) is 51.5 Å². The summed E-state index contributed by atoms with van der Waals surface area (Å²) < 4.78 is 5.55. The molecule has 0 aliphatic heterocycles. The van der Waals surface area contributed by atoms with E-state index in [1.807, 2.05) is 36.4 Å². The van der Waals surface area contributed by atoms with Gasteiger partial charge < -0.3 is 4.74 Å². The monoisotopic (exact) mass is 378 g/mol. The summed E-state index contributed by atoms with van der Waals surface area (Å²) in [6.45, 7) is 6.78. The number of rotatable bonds is 7. The lowest BCUT2D eigenvalue weighted by Gasteiger charge is -2.30. The third kappa shape index (κ3) is 5.47. The van der Waals surface area contributed by atoms with Crippen molar-refractivity contribution in [1.82, 2.24) is 0 Å². The summed E-state index contributed by atoms with van der Waals surface area (Å²) in [4.78, 5) is 12.3. The van der Waals surface area contributed by atoms with Gasteiger partial charge in [-0.15, -0.1) is 0 Å². The number of aryl methyl sites for hydroxylation is 1. The molecule has 0 spiro atoms. The van der Waals surface area contributed by atoms with Gasteiger partial charge in [0.25, 0.3) is 0 Å². The highest BCUT2D eigenvalue weighted by Gasteiger charge is 2.23. The molecule has 2 aromatic carbocycles. The van der Waals surface area contributed by atoms with Gasteiger partial charge >= 0.3 is 5.97 Å². The Morgan fingerprint density at radius 1 is 0.964 bits per heavy atom. The van der Waals surface area contributed by atoms with Gasteiger partial charge in [-0.25, -0.2) is 4.79 Å². The first kappa shape index (κ1) is 20.6. The minimum absolute atomic E-state index is 0.291. The quantitative estimate of drug-likeness (QED) is 0.377. The van der Waals surface area contributed by atoms with Gasteiger partial charge in [0, 0.05) is 0 Å². The molecule has 0 heterocycles. The smallest absolute Gasteiger partial charge is 0.343 e. The Kier molecular flexibility index (Phi) is 7.30. The summed E-state index contributed by atoms with van der Waals surface area (Å²) in [6.07, 6.45) is 8.91. The van der Waals surface area contributed by atoms with Crippen molar-refractivity contribution in [3.05, 3.63) is 65.2 Å². The van der Waals surface area contributed by atoms with Gasteiger partial charge in [-0.05, 0) is 91.7 Å². The molecule has 1 aliphatic rings. The average Bonchev–Trinajstić information content (AvgIpc) is 2.75. The van der Waals surface area contributed by atoms with Crippen LogP contribution in [0.1, 0.15) is 86.7 Å². The molecule has 1 unspecified atom stereocenters. The first-order chi connectivity index (χ1) is 13.6. The van der Waals surface area contributed by atoms with E-state index >= 15 is 0 Å². The van der Waals surface area contributed by atoms with Crippen LogP contribution in [-0.4, -0.2) is 5.97 Å². The summed E-state index contributed by atoms with van der Waals surface area (Å²) in [7, 11) is 0. The van der Waals surface area contributed by atoms with Gasteiger partial charge in [0.15, 0.2) is 0 Å². The number of esters is 1. The maximum Gasteiger partial charge on any atom is 0.343 e. The lowest BCUT2D eigenvalue weighted by molar-refractivity contribution is 0.0734. The third-order valence-electron chi connectivity index (χ3n) is 6.44. The van der Waals surface area contributed by atoms with Crippen molar-refractivity contribution < 1.29 is 9.53 Å². The number of hydrogen-bond donors (Lipinski definition) is 0. The van der Waals surface area contributed by atoms with Crippen LogP contribution in [0.15, 0.2) is 48.5 Å². The Morgan fingerprint density at radius 3 is 2.18 bits per heavy atom. The van der Waals surface area contributed by atoms with E-state index in [-0.39, 0.29) is 5.97 Å². The van der Waals surface area contributed by atoms with Crippen LogP contribution in [-0.2, 0) is 6.42 Å². The maximum atomic E-state index is 12.3. The van der Waals surface area contributed by atoms with Crippen LogP contribution >= 0.6 is 0 Å². The predicted octanol–water partition coefficient (Wildman–Crippen LogP) is 7.18. The fourth-order valence-electron chi connectivity index (χ4n) is 4.32. The van der Waals surface area contributed by atoms with E-state index in [0.29, 0.717) is 17.2 Å². The van der Waals surface area contributed by atoms with Crippen molar-refractivity contribution in [1.29, 1.82) is 0 Å². The van der Waals surface area contributed by atoms with Crippen LogP contribution in [0.25, 0.3) is 0 Å². The van der Waals surface area contributed by atoms with Crippen LogP contribution in [0.5, 0.6) is 5.75 Å². The van der Waals surface area contributed by atoms with Crippen LogP contribution in [0.2, 0.25) is 0 Å². The molecule has 0 amide bonds. The van der Waals surface area contributed by atoms with Crippen LogP contribution in [0, 0.1) is 11.8 Å². The molecule has 1 atom stereocenters. The molecule has 0 N–H and O–H groups in total. The van der Waals surface area contributed by atoms with E-state index in [1.54, 1.807) is 0 Å². The number of carbonyl (C=O) groups excluding carboxylic acids is 1. The van der Waals surface area contributed by atoms with Crippen molar-refractivity contribution in [2.45, 2.75) is 71.6 Å². The van der Waals surface area contributed by atoms with E-state index in [0.717, 1.165) is 18.3 Å². The van der Waals surface area contributed by atoms with E-state index in [2.05, 4.69) is 32.9 Å². The predicted molar refractivity (Wildman–Crippen MR) is 116 cm³/mol. The molecule has 2 nitrogen and oxygen atoms in total. The molecule has 0 saturated heterocycles. The summed E-state index contributed by atoms with van der Waals surface area (Å²) >= 11 is 0. The fraction of sp³-hybridized carbons (Fsp3) is 0.500. The Labute approximate surface area is 170 Å². The number of carbonyl (C=O) groups is 1. The summed E-state index contributed by atoms with van der Waals surface area (Å²) in [5, 5.41) is 0. The van der Waals surface area contributed by atoms with Crippen LogP contribution < -0.4 is 4.74 Å². The summed E-state index contributed by atoms with van der Waals surface area (Å²) in [5.74, 6) is 2.75. The molecule has 1 aliphatic carbocycles. The Bertz CT molecular complexity index is 737. The van der Waals surface area contributed by atoms with Crippen molar-refractivity contribution in [2.75, 3.05) is 0 Å². The summed E-state index contributed by atoms with van der Waals surface area (Å²) in [5.41, 5.74) is 3.20. The number of hydrogen-bond acceptors (Lipinski definition) is 2. The maximum absolute atomic E-state index is 12.3. The Balaban J connectivity index is 1.53. The average molecular weight is 379 g/mol. The van der Waals surface area contributed by atoms with E-state index < -0.39 is 0 Å². The van der Waals surface area contributed by atoms with Gasteiger partial charge in [0.1, 0.15) is 5.75 Å². The highest BCUT2D eigenvalue weighted by Crippen LogP contribution is 2.38. The molecule has 1 saturated carbocycles. The highest BCUT2D eigenvalue weighted by molar-refractivity contribution is 5.91. The first-order valence-electron chi connectivity index (χ1n) is 11.0. The normalized spacial score (nSPS) is 20.5. The number of benzene rings is 2. The third-order valence-corrected chi connectivity index (χ3v) is 6.44. The molecule has 28 heavy (non-hydrogen) atoms. The highest BCUT2D eigenvalue weighted by atomic mass is 16.5. The molecule has 150 valence electrons. The largest absolute Gasteiger partial charge is 0.423 e. The van der Waals surface area contributed by atoms with Crippen molar-refractivity contribution in [3.8, 4) is 5.75 Å². The molecule has 0 aromatic heterocycles.